The Morgan fingerprint density at radius 2 is 1.82 bits per heavy atom. The third-order valence-corrected chi connectivity index (χ3v) is 4.23. The molecular weight excluding hydrogens is 361 g/mol. The van der Waals surface area contributed by atoms with Crippen molar-refractivity contribution >= 4 is 17.3 Å². The molecule has 0 radical (unpaired) electrons. The normalized spacial score (nSPS) is 12.3. The van der Waals surface area contributed by atoms with Crippen molar-refractivity contribution in [3.8, 4) is 11.5 Å². The zero-order chi connectivity index (χ0) is 19.3. The van der Waals surface area contributed by atoms with Gasteiger partial charge in [-0.15, -0.1) is 0 Å². The topological polar surface area (TPSA) is 72.5 Å². The fourth-order valence-corrected chi connectivity index (χ4v) is 2.84. The van der Waals surface area contributed by atoms with Crippen LogP contribution >= 0.6 is 0 Å². The van der Waals surface area contributed by atoms with Gasteiger partial charge in [-0.2, -0.15) is 0 Å². The second-order valence-electron chi connectivity index (χ2n) is 6.22. The number of nitrogens with one attached hydrogen (secondary N) is 2. The monoisotopic (exact) mass is 379 g/mol. The number of benzene rings is 2. The number of carbonyl (C=O) groups is 1. The van der Waals surface area contributed by atoms with Crippen molar-refractivity contribution in [2.24, 2.45) is 0 Å². The van der Waals surface area contributed by atoms with Gasteiger partial charge in [0.15, 0.2) is 11.5 Å². The molecule has 0 atom stereocenters. The van der Waals surface area contributed by atoms with E-state index < -0.39 is 0 Å². The van der Waals surface area contributed by atoms with Gasteiger partial charge in [-0.25, -0.2) is 4.39 Å². The summed E-state index contributed by atoms with van der Waals surface area (Å²) in [6.07, 6.45) is 3.08. The molecule has 0 saturated carbocycles. The number of rotatable bonds is 5. The quantitative estimate of drug-likeness (QED) is 0.708. The molecule has 1 aliphatic heterocycles. The Kier molecular flexibility index (Phi) is 5.05. The summed E-state index contributed by atoms with van der Waals surface area (Å²) in [4.78, 5) is 16.5. The van der Waals surface area contributed by atoms with Gasteiger partial charge < -0.3 is 20.1 Å². The largest absolute Gasteiger partial charge is 0.486 e. The van der Waals surface area contributed by atoms with E-state index in [1.165, 1.54) is 12.3 Å². The van der Waals surface area contributed by atoms with Crippen LogP contribution in [-0.2, 0) is 6.54 Å². The lowest BCUT2D eigenvalue weighted by molar-refractivity contribution is 0.0950. The average molecular weight is 379 g/mol. The summed E-state index contributed by atoms with van der Waals surface area (Å²) in [5.74, 6) is 0.690. The zero-order valence-corrected chi connectivity index (χ0v) is 14.9. The second kappa shape index (κ2) is 7.96. The fourth-order valence-electron chi connectivity index (χ4n) is 2.84. The highest BCUT2D eigenvalue weighted by molar-refractivity contribution is 5.94. The number of fused-ring (bicyclic) bond motifs is 1. The molecule has 3 aromatic rings. The van der Waals surface area contributed by atoms with Crippen molar-refractivity contribution in [1.82, 2.24) is 10.3 Å². The molecule has 1 amide bonds. The van der Waals surface area contributed by atoms with Gasteiger partial charge in [0, 0.05) is 30.1 Å². The minimum absolute atomic E-state index is 0.103. The molecule has 0 aliphatic carbocycles. The van der Waals surface area contributed by atoms with Crippen LogP contribution in [0.15, 0.2) is 60.9 Å². The molecule has 2 heterocycles. The molecule has 2 N–H and O–H groups in total. The maximum absolute atomic E-state index is 13.7. The third kappa shape index (κ3) is 4.03. The van der Waals surface area contributed by atoms with Gasteiger partial charge in [0.25, 0.3) is 5.91 Å². The number of halogens is 1. The Labute approximate surface area is 161 Å². The number of aromatic nitrogens is 1. The minimum Gasteiger partial charge on any atom is -0.486 e. The Bertz CT molecular complexity index is 1010. The summed E-state index contributed by atoms with van der Waals surface area (Å²) in [7, 11) is 0. The Hall–Kier alpha value is -3.61. The number of hydrogen-bond acceptors (Lipinski definition) is 5. The van der Waals surface area contributed by atoms with Crippen LogP contribution in [0.1, 0.15) is 15.9 Å². The smallest absolute Gasteiger partial charge is 0.253 e. The van der Waals surface area contributed by atoms with Gasteiger partial charge in [0.2, 0.25) is 0 Å². The first-order valence-corrected chi connectivity index (χ1v) is 8.82. The molecule has 6 nitrogen and oxygen atoms in total. The van der Waals surface area contributed by atoms with E-state index in [9.17, 15) is 9.18 Å². The van der Waals surface area contributed by atoms with Crippen LogP contribution in [0.5, 0.6) is 11.5 Å². The molecule has 4 rings (SSSR count). The van der Waals surface area contributed by atoms with Crippen molar-refractivity contribution < 1.29 is 18.7 Å². The first-order valence-electron chi connectivity index (χ1n) is 8.82. The van der Waals surface area contributed by atoms with Crippen LogP contribution in [0.25, 0.3) is 0 Å². The maximum Gasteiger partial charge on any atom is 0.253 e. The van der Waals surface area contributed by atoms with Crippen molar-refractivity contribution in [2.75, 3.05) is 18.5 Å². The van der Waals surface area contributed by atoms with Crippen molar-refractivity contribution in [1.29, 1.82) is 0 Å². The predicted octanol–water partition coefficient (Wildman–Crippen LogP) is 3.67. The molecule has 0 fully saturated rings. The van der Waals surface area contributed by atoms with E-state index in [1.807, 2.05) is 18.2 Å². The third-order valence-electron chi connectivity index (χ3n) is 4.23. The van der Waals surface area contributed by atoms with E-state index in [0.29, 0.717) is 41.5 Å². The van der Waals surface area contributed by atoms with Crippen molar-refractivity contribution in [3.63, 3.8) is 0 Å². The van der Waals surface area contributed by atoms with Crippen LogP contribution in [0.3, 0.4) is 0 Å². The van der Waals surface area contributed by atoms with Crippen molar-refractivity contribution in [2.45, 2.75) is 6.54 Å². The standard InChI is InChI=1S/C21H18FN3O3/c22-18-4-2-1-3-14(18)12-24-21(26)15-9-17(13-23-11-15)25-16-5-6-19-20(10-16)28-8-7-27-19/h1-6,9-11,13,25H,7-8,12H2,(H,24,26). The van der Waals surface area contributed by atoms with Crippen LogP contribution in [0.2, 0.25) is 0 Å². The summed E-state index contributed by atoms with van der Waals surface area (Å²) in [5.41, 5.74) is 2.23. The Morgan fingerprint density at radius 1 is 1.00 bits per heavy atom. The summed E-state index contributed by atoms with van der Waals surface area (Å²) in [6, 6.07) is 13.5. The molecule has 1 aliphatic rings. The molecule has 142 valence electrons. The van der Waals surface area contributed by atoms with Crippen molar-refractivity contribution in [3.05, 3.63) is 77.9 Å². The summed E-state index contributed by atoms with van der Waals surface area (Å²) in [5, 5.41) is 5.90. The van der Waals surface area contributed by atoms with Gasteiger partial charge >= 0.3 is 0 Å². The highest BCUT2D eigenvalue weighted by atomic mass is 19.1. The van der Waals surface area contributed by atoms with E-state index >= 15 is 0 Å². The predicted molar refractivity (Wildman–Crippen MR) is 103 cm³/mol. The van der Waals surface area contributed by atoms with E-state index in [2.05, 4.69) is 15.6 Å². The van der Waals surface area contributed by atoms with Crippen LogP contribution in [-0.4, -0.2) is 24.1 Å². The summed E-state index contributed by atoms with van der Waals surface area (Å²) < 4.78 is 24.8. The number of hydrogen-bond donors (Lipinski definition) is 2. The molecule has 0 bridgehead atoms. The second-order valence-corrected chi connectivity index (χ2v) is 6.22. The van der Waals surface area contributed by atoms with Gasteiger partial charge in [0.05, 0.1) is 17.4 Å². The van der Waals surface area contributed by atoms with Gasteiger partial charge in [-0.1, -0.05) is 18.2 Å². The number of amides is 1. The van der Waals surface area contributed by atoms with Crippen LogP contribution < -0.4 is 20.1 Å². The first kappa shape index (κ1) is 17.8. The van der Waals surface area contributed by atoms with E-state index in [0.717, 1.165) is 5.69 Å². The highest BCUT2D eigenvalue weighted by Crippen LogP contribution is 2.33. The summed E-state index contributed by atoms with van der Waals surface area (Å²) >= 11 is 0. The molecule has 1 aromatic heterocycles. The zero-order valence-electron chi connectivity index (χ0n) is 14.9. The van der Waals surface area contributed by atoms with Gasteiger partial charge in [0.1, 0.15) is 19.0 Å². The van der Waals surface area contributed by atoms with E-state index in [1.54, 1.807) is 30.5 Å². The van der Waals surface area contributed by atoms with Gasteiger partial charge in [-0.05, 0) is 24.3 Å². The minimum atomic E-state index is -0.352. The highest BCUT2D eigenvalue weighted by Gasteiger charge is 2.13. The van der Waals surface area contributed by atoms with Crippen LogP contribution in [0.4, 0.5) is 15.8 Å². The summed E-state index contributed by atoms with van der Waals surface area (Å²) in [6.45, 7) is 1.15. The number of anilines is 2. The molecule has 28 heavy (non-hydrogen) atoms. The molecule has 0 saturated heterocycles. The SMILES string of the molecule is O=C(NCc1ccccc1F)c1cncc(Nc2ccc3c(c2)OCCO3)c1. The Morgan fingerprint density at radius 3 is 2.68 bits per heavy atom. The number of ether oxygens (including phenoxy) is 2. The van der Waals surface area contributed by atoms with E-state index in [4.69, 9.17) is 9.47 Å². The lowest BCUT2D eigenvalue weighted by Gasteiger charge is -2.19. The lowest BCUT2D eigenvalue weighted by Crippen LogP contribution is -2.23. The average Bonchev–Trinajstić information content (AvgIpc) is 2.73. The van der Waals surface area contributed by atoms with Gasteiger partial charge in [-0.3, -0.25) is 9.78 Å². The number of pyridine rings is 1. The Balaban J connectivity index is 1.44. The molecular formula is C21H18FN3O3. The maximum atomic E-state index is 13.7. The fraction of sp³-hybridized carbons (Fsp3) is 0.143. The number of nitrogens with zero attached hydrogens (tertiary/aromatic N) is 1. The van der Waals surface area contributed by atoms with Crippen LogP contribution in [0, 0.1) is 5.82 Å². The molecule has 0 unspecified atom stereocenters. The van der Waals surface area contributed by atoms with E-state index in [-0.39, 0.29) is 18.3 Å². The molecule has 7 heteroatoms. The lowest BCUT2D eigenvalue weighted by atomic mass is 10.2. The molecule has 0 spiro atoms. The first-order chi connectivity index (χ1) is 13.7. The number of carbonyl (C=O) groups excluding carboxylic acids is 1. The molecule has 2 aromatic carbocycles.